The number of carbonyl (C=O) groups excluding carboxylic acids is 1. The number of amides is 1. The van der Waals surface area contributed by atoms with Gasteiger partial charge in [0.1, 0.15) is 5.82 Å². The van der Waals surface area contributed by atoms with Gasteiger partial charge < -0.3 is 20.9 Å². The van der Waals surface area contributed by atoms with E-state index >= 15 is 0 Å². The van der Waals surface area contributed by atoms with Crippen LogP contribution >= 0.6 is 24.0 Å². The molecule has 1 aromatic rings. The summed E-state index contributed by atoms with van der Waals surface area (Å²) in [4.78, 5) is 23.3. The molecule has 1 saturated heterocycles. The van der Waals surface area contributed by atoms with E-state index in [1.165, 1.54) is 12.8 Å². The Morgan fingerprint density at radius 3 is 2.48 bits per heavy atom. The molecule has 2 rings (SSSR count). The normalized spacial score (nSPS) is 14.5. The van der Waals surface area contributed by atoms with Crippen LogP contribution in [0.4, 0.5) is 5.82 Å². The average Bonchev–Trinajstić information content (AvgIpc) is 3.11. The number of aliphatic imine (C=N–C) groups is 1. The van der Waals surface area contributed by atoms with Crippen molar-refractivity contribution in [3.8, 4) is 0 Å². The minimum atomic E-state index is -0.239. The molecule has 0 aromatic carbocycles. The van der Waals surface area contributed by atoms with Crippen molar-refractivity contribution in [1.29, 1.82) is 0 Å². The van der Waals surface area contributed by atoms with Gasteiger partial charge in [-0.05, 0) is 52.2 Å². The first-order valence-corrected chi connectivity index (χ1v) is 9.40. The van der Waals surface area contributed by atoms with Gasteiger partial charge in [-0.15, -0.1) is 24.0 Å². The van der Waals surface area contributed by atoms with Crippen LogP contribution in [0.3, 0.4) is 0 Å². The Kier molecular flexibility index (Phi) is 9.82. The SMILES string of the molecule is CCNC(=NCc1ccc(N2CCCC2)nc1)NCC(=O)NC(C)(C)C.I. The summed E-state index contributed by atoms with van der Waals surface area (Å²) in [7, 11) is 0. The summed E-state index contributed by atoms with van der Waals surface area (Å²) < 4.78 is 0. The Bertz CT molecular complexity index is 606. The second-order valence-electron chi connectivity index (χ2n) is 7.57. The molecule has 1 amide bonds. The van der Waals surface area contributed by atoms with E-state index in [1.807, 2.05) is 33.9 Å². The number of hydrogen-bond acceptors (Lipinski definition) is 4. The molecule has 0 spiro atoms. The maximum atomic E-state index is 11.9. The summed E-state index contributed by atoms with van der Waals surface area (Å²) in [6.45, 7) is 11.5. The van der Waals surface area contributed by atoms with Crippen LogP contribution in [0.25, 0.3) is 0 Å². The van der Waals surface area contributed by atoms with E-state index in [4.69, 9.17) is 0 Å². The van der Waals surface area contributed by atoms with Crippen molar-refractivity contribution in [1.82, 2.24) is 20.9 Å². The molecule has 8 heteroatoms. The van der Waals surface area contributed by atoms with Crippen molar-refractivity contribution in [2.45, 2.75) is 52.6 Å². The van der Waals surface area contributed by atoms with Crippen LogP contribution in [0.1, 0.15) is 46.1 Å². The molecular formula is C19H33IN6O. The van der Waals surface area contributed by atoms with Crippen molar-refractivity contribution in [2.24, 2.45) is 4.99 Å². The smallest absolute Gasteiger partial charge is 0.239 e. The molecule has 152 valence electrons. The third-order valence-electron chi connectivity index (χ3n) is 3.93. The number of anilines is 1. The third kappa shape index (κ3) is 8.77. The highest BCUT2D eigenvalue weighted by molar-refractivity contribution is 14.0. The number of rotatable bonds is 6. The zero-order chi connectivity index (χ0) is 19.0. The monoisotopic (exact) mass is 488 g/mol. The lowest BCUT2D eigenvalue weighted by atomic mass is 10.1. The number of aromatic nitrogens is 1. The van der Waals surface area contributed by atoms with Gasteiger partial charge in [0.15, 0.2) is 5.96 Å². The summed E-state index contributed by atoms with van der Waals surface area (Å²) in [5.74, 6) is 1.61. The largest absolute Gasteiger partial charge is 0.357 e. The van der Waals surface area contributed by atoms with E-state index in [2.05, 4.69) is 43.0 Å². The van der Waals surface area contributed by atoms with E-state index in [1.54, 1.807) is 0 Å². The Morgan fingerprint density at radius 1 is 1.22 bits per heavy atom. The number of carbonyl (C=O) groups is 1. The van der Waals surface area contributed by atoms with Crippen molar-refractivity contribution < 1.29 is 4.79 Å². The minimum Gasteiger partial charge on any atom is -0.357 e. The van der Waals surface area contributed by atoms with Gasteiger partial charge in [-0.1, -0.05) is 6.07 Å². The lowest BCUT2D eigenvalue weighted by Crippen LogP contribution is -2.48. The van der Waals surface area contributed by atoms with Crippen molar-refractivity contribution in [3.05, 3.63) is 23.9 Å². The van der Waals surface area contributed by atoms with Crippen LogP contribution in [-0.4, -0.2) is 48.6 Å². The van der Waals surface area contributed by atoms with Gasteiger partial charge in [0, 0.05) is 31.4 Å². The maximum Gasteiger partial charge on any atom is 0.239 e. The number of pyridine rings is 1. The Balaban J connectivity index is 0.00000364. The number of nitrogens with one attached hydrogen (secondary N) is 3. The van der Waals surface area contributed by atoms with Crippen LogP contribution < -0.4 is 20.9 Å². The summed E-state index contributed by atoms with van der Waals surface area (Å²) in [6.07, 6.45) is 4.37. The van der Waals surface area contributed by atoms with Gasteiger partial charge in [-0.2, -0.15) is 0 Å². The van der Waals surface area contributed by atoms with Gasteiger partial charge in [0.05, 0.1) is 13.1 Å². The molecule has 3 N–H and O–H groups in total. The Morgan fingerprint density at radius 2 is 1.93 bits per heavy atom. The first kappa shape index (κ1) is 23.5. The van der Waals surface area contributed by atoms with Crippen LogP contribution in [0.2, 0.25) is 0 Å². The molecule has 2 heterocycles. The van der Waals surface area contributed by atoms with Crippen molar-refractivity contribution in [3.63, 3.8) is 0 Å². The fourth-order valence-corrected chi connectivity index (χ4v) is 2.78. The second-order valence-corrected chi connectivity index (χ2v) is 7.57. The standard InChI is InChI=1S/C19H32N6O.HI/c1-5-20-18(23-14-17(26)24-19(2,3)4)22-13-15-8-9-16(21-12-15)25-10-6-7-11-25;/h8-9,12H,5-7,10-11,13-14H2,1-4H3,(H,24,26)(H2,20,22,23);1H. The van der Waals surface area contributed by atoms with Gasteiger partial charge in [-0.3, -0.25) is 4.79 Å². The second kappa shape index (κ2) is 11.3. The van der Waals surface area contributed by atoms with Crippen LogP contribution in [0, 0.1) is 0 Å². The molecule has 0 aliphatic carbocycles. The molecule has 7 nitrogen and oxygen atoms in total. The molecule has 1 aliphatic heterocycles. The van der Waals surface area contributed by atoms with Gasteiger partial charge in [-0.25, -0.2) is 9.98 Å². The van der Waals surface area contributed by atoms with E-state index in [0.29, 0.717) is 12.5 Å². The van der Waals surface area contributed by atoms with Crippen LogP contribution in [0.5, 0.6) is 0 Å². The predicted octanol–water partition coefficient (Wildman–Crippen LogP) is 2.27. The summed E-state index contributed by atoms with van der Waals surface area (Å²) in [5, 5.41) is 9.15. The average molecular weight is 488 g/mol. The van der Waals surface area contributed by atoms with E-state index in [0.717, 1.165) is 31.0 Å². The first-order chi connectivity index (χ1) is 12.4. The van der Waals surface area contributed by atoms with Crippen LogP contribution in [-0.2, 0) is 11.3 Å². The number of nitrogens with zero attached hydrogens (tertiary/aromatic N) is 3. The molecule has 0 atom stereocenters. The summed E-state index contributed by atoms with van der Waals surface area (Å²) in [6, 6.07) is 4.13. The highest BCUT2D eigenvalue weighted by Crippen LogP contribution is 2.17. The summed E-state index contributed by atoms with van der Waals surface area (Å²) >= 11 is 0. The van der Waals surface area contributed by atoms with Gasteiger partial charge in [0.25, 0.3) is 0 Å². The molecule has 1 aliphatic rings. The third-order valence-corrected chi connectivity index (χ3v) is 3.93. The fourth-order valence-electron chi connectivity index (χ4n) is 2.78. The maximum absolute atomic E-state index is 11.9. The molecule has 1 fully saturated rings. The molecule has 0 bridgehead atoms. The lowest BCUT2D eigenvalue weighted by Gasteiger charge is -2.21. The molecule has 0 saturated carbocycles. The van der Waals surface area contributed by atoms with Gasteiger partial charge in [0.2, 0.25) is 5.91 Å². The predicted molar refractivity (Wildman–Crippen MR) is 122 cm³/mol. The number of hydrogen-bond donors (Lipinski definition) is 3. The highest BCUT2D eigenvalue weighted by Gasteiger charge is 2.14. The Labute approximate surface area is 179 Å². The lowest BCUT2D eigenvalue weighted by molar-refractivity contribution is -0.121. The van der Waals surface area contributed by atoms with Crippen molar-refractivity contribution >= 4 is 41.7 Å². The first-order valence-electron chi connectivity index (χ1n) is 9.40. The highest BCUT2D eigenvalue weighted by atomic mass is 127. The molecule has 1 aromatic heterocycles. The molecular weight excluding hydrogens is 455 g/mol. The number of halogens is 1. The van der Waals surface area contributed by atoms with Crippen LogP contribution in [0.15, 0.2) is 23.3 Å². The fraction of sp³-hybridized carbons (Fsp3) is 0.632. The quantitative estimate of drug-likeness (QED) is 0.325. The zero-order valence-corrected chi connectivity index (χ0v) is 19.2. The topological polar surface area (TPSA) is 81.7 Å². The number of guanidine groups is 1. The molecule has 0 radical (unpaired) electrons. The molecule has 27 heavy (non-hydrogen) atoms. The van der Waals surface area contributed by atoms with E-state index < -0.39 is 0 Å². The minimum absolute atomic E-state index is 0. The van der Waals surface area contributed by atoms with Crippen molar-refractivity contribution in [2.75, 3.05) is 31.1 Å². The zero-order valence-electron chi connectivity index (χ0n) is 16.8. The molecule has 0 unspecified atom stereocenters. The Hall–Kier alpha value is -1.58. The summed E-state index contributed by atoms with van der Waals surface area (Å²) in [5.41, 5.74) is 0.807. The van der Waals surface area contributed by atoms with E-state index in [-0.39, 0.29) is 42.0 Å². The van der Waals surface area contributed by atoms with E-state index in [9.17, 15) is 4.79 Å². The van der Waals surface area contributed by atoms with Gasteiger partial charge >= 0.3 is 0 Å².